The van der Waals surface area contributed by atoms with Crippen molar-refractivity contribution in [1.82, 2.24) is 0 Å². The Balaban J connectivity index is 2.18. The molecule has 29 heavy (non-hydrogen) atoms. The van der Waals surface area contributed by atoms with Crippen LogP contribution in [0.15, 0.2) is 0 Å². The van der Waals surface area contributed by atoms with E-state index < -0.39 is 22.8 Å². The maximum Gasteiger partial charge on any atom is 0.310 e. The van der Waals surface area contributed by atoms with Crippen LogP contribution in [0.4, 0.5) is 0 Å². The van der Waals surface area contributed by atoms with E-state index in [4.69, 9.17) is 0 Å². The summed E-state index contributed by atoms with van der Waals surface area (Å²) in [4.78, 5) is 24.0. The minimum Gasteiger partial charge on any atom is -0.481 e. The number of carboxylic acids is 2. The van der Waals surface area contributed by atoms with E-state index in [-0.39, 0.29) is 0 Å². The normalized spacial score (nSPS) is 24.7. The minimum atomic E-state index is -1.13. The van der Waals surface area contributed by atoms with Crippen molar-refractivity contribution in [2.45, 2.75) is 130 Å². The highest BCUT2D eigenvalue weighted by Gasteiger charge is 2.58. The van der Waals surface area contributed by atoms with Gasteiger partial charge in [-0.1, -0.05) is 104 Å². The molecule has 0 amide bonds. The molecule has 0 bridgehead atoms. The van der Waals surface area contributed by atoms with Crippen LogP contribution in [0.1, 0.15) is 130 Å². The molecule has 1 saturated carbocycles. The van der Waals surface area contributed by atoms with Crippen molar-refractivity contribution in [3.05, 3.63) is 0 Å². The molecule has 4 nitrogen and oxygen atoms in total. The van der Waals surface area contributed by atoms with Gasteiger partial charge in [-0.2, -0.15) is 0 Å². The van der Waals surface area contributed by atoms with E-state index in [1.165, 1.54) is 57.8 Å². The van der Waals surface area contributed by atoms with Gasteiger partial charge in [0, 0.05) is 0 Å². The number of aliphatic carboxylic acids is 2. The van der Waals surface area contributed by atoms with E-state index in [9.17, 15) is 19.8 Å². The molecule has 1 rings (SSSR count). The van der Waals surface area contributed by atoms with E-state index in [1.807, 2.05) is 0 Å². The molecule has 2 unspecified atom stereocenters. The van der Waals surface area contributed by atoms with Crippen molar-refractivity contribution in [3.8, 4) is 0 Å². The zero-order chi connectivity index (χ0) is 21.8. The second-order valence-corrected chi connectivity index (χ2v) is 10.1. The van der Waals surface area contributed by atoms with Crippen LogP contribution in [-0.2, 0) is 9.59 Å². The number of carboxylic acid groups (broad SMARTS) is 2. The fraction of sp³-hybridized carbons (Fsp3) is 0.920. The quantitative estimate of drug-likeness (QED) is 0.259. The monoisotopic (exact) mass is 410 g/mol. The maximum atomic E-state index is 12.1. The second kappa shape index (κ2) is 13.3. The second-order valence-electron chi connectivity index (χ2n) is 10.1. The molecule has 1 fully saturated rings. The predicted molar refractivity (Wildman–Crippen MR) is 119 cm³/mol. The molecule has 0 aromatic rings. The Morgan fingerprint density at radius 3 is 1.62 bits per heavy atom. The Hall–Kier alpha value is -1.06. The van der Waals surface area contributed by atoms with Crippen molar-refractivity contribution < 1.29 is 19.8 Å². The molecule has 0 heterocycles. The number of unbranched alkanes of at least 4 members (excludes halogenated alkanes) is 10. The highest BCUT2D eigenvalue weighted by atomic mass is 16.4. The number of carbonyl (C=O) groups is 2. The van der Waals surface area contributed by atoms with Crippen LogP contribution >= 0.6 is 0 Å². The molecule has 1 aliphatic carbocycles. The molecule has 4 heteroatoms. The Labute approximate surface area is 178 Å². The highest BCUT2D eigenvalue weighted by molar-refractivity contribution is 5.86. The van der Waals surface area contributed by atoms with Gasteiger partial charge in [0.05, 0.1) is 10.8 Å². The summed E-state index contributed by atoms with van der Waals surface area (Å²) in [6.45, 7) is 6.24. The summed E-state index contributed by atoms with van der Waals surface area (Å²) in [7, 11) is 0. The van der Waals surface area contributed by atoms with E-state index in [0.29, 0.717) is 19.3 Å². The van der Waals surface area contributed by atoms with Crippen molar-refractivity contribution in [3.63, 3.8) is 0 Å². The molecular weight excluding hydrogens is 364 g/mol. The van der Waals surface area contributed by atoms with Gasteiger partial charge in [-0.05, 0) is 32.1 Å². The summed E-state index contributed by atoms with van der Waals surface area (Å²) < 4.78 is 0. The Morgan fingerprint density at radius 2 is 1.17 bits per heavy atom. The first kappa shape index (κ1) is 26.0. The standard InChI is InChI=1S/C25H46O4/c1-21(2)17-13-11-9-7-5-4-6-8-10-12-14-19-25(23(28)29)20-16-15-18-24(25,3)22(26)27/h21H,4-20H2,1-3H3,(H,26,27)(H,28,29). The first-order chi connectivity index (χ1) is 13.8. The molecule has 0 saturated heterocycles. The predicted octanol–water partition coefficient (Wildman–Crippen LogP) is 7.45. The highest BCUT2D eigenvalue weighted by Crippen LogP contribution is 2.54. The van der Waals surface area contributed by atoms with Crippen molar-refractivity contribution in [1.29, 1.82) is 0 Å². The summed E-state index contributed by atoms with van der Waals surface area (Å²) in [5, 5.41) is 19.6. The first-order valence-electron chi connectivity index (χ1n) is 12.2. The van der Waals surface area contributed by atoms with Gasteiger partial charge in [-0.15, -0.1) is 0 Å². The van der Waals surface area contributed by atoms with Crippen molar-refractivity contribution in [2.75, 3.05) is 0 Å². The average molecular weight is 411 g/mol. The third-order valence-electron chi connectivity index (χ3n) is 7.35. The number of hydrogen-bond donors (Lipinski definition) is 2. The van der Waals surface area contributed by atoms with Crippen LogP contribution < -0.4 is 0 Å². The lowest BCUT2D eigenvalue weighted by Crippen LogP contribution is -2.52. The lowest BCUT2D eigenvalue weighted by molar-refractivity contribution is -0.179. The van der Waals surface area contributed by atoms with E-state index in [0.717, 1.165) is 38.0 Å². The fourth-order valence-corrected chi connectivity index (χ4v) is 5.15. The zero-order valence-corrected chi connectivity index (χ0v) is 19.3. The molecule has 0 spiro atoms. The molecule has 170 valence electrons. The largest absolute Gasteiger partial charge is 0.481 e. The number of hydrogen-bond acceptors (Lipinski definition) is 2. The summed E-state index contributed by atoms with van der Waals surface area (Å²) in [6, 6.07) is 0. The van der Waals surface area contributed by atoms with Crippen LogP contribution in [0, 0.1) is 16.7 Å². The van der Waals surface area contributed by atoms with Crippen LogP contribution in [0.25, 0.3) is 0 Å². The molecule has 0 radical (unpaired) electrons. The van der Waals surface area contributed by atoms with Gasteiger partial charge >= 0.3 is 11.9 Å². The van der Waals surface area contributed by atoms with Gasteiger partial charge in [-0.25, -0.2) is 0 Å². The Morgan fingerprint density at radius 1 is 0.724 bits per heavy atom. The molecule has 0 aromatic carbocycles. The van der Waals surface area contributed by atoms with Crippen LogP contribution in [0.5, 0.6) is 0 Å². The molecule has 0 aliphatic heterocycles. The first-order valence-corrected chi connectivity index (χ1v) is 12.2. The molecule has 0 aromatic heterocycles. The van der Waals surface area contributed by atoms with Gasteiger partial charge in [0.15, 0.2) is 0 Å². The van der Waals surface area contributed by atoms with Gasteiger partial charge in [0.2, 0.25) is 0 Å². The lowest BCUT2D eigenvalue weighted by Gasteiger charge is -2.46. The molecule has 1 aliphatic rings. The average Bonchev–Trinajstić information content (AvgIpc) is 2.66. The zero-order valence-electron chi connectivity index (χ0n) is 19.3. The molecule has 2 atom stereocenters. The van der Waals surface area contributed by atoms with Crippen molar-refractivity contribution >= 4 is 11.9 Å². The Kier molecular flexibility index (Phi) is 11.9. The maximum absolute atomic E-state index is 12.1. The minimum absolute atomic E-state index is 0.478. The summed E-state index contributed by atoms with van der Waals surface area (Å²) in [5.41, 5.74) is -2.22. The Bertz CT molecular complexity index is 487. The van der Waals surface area contributed by atoms with Crippen LogP contribution in [-0.4, -0.2) is 22.2 Å². The van der Waals surface area contributed by atoms with E-state index in [2.05, 4.69) is 13.8 Å². The van der Waals surface area contributed by atoms with Crippen LogP contribution in [0.3, 0.4) is 0 Å². The third-order valence-corrected chi connectivity index (χ3v) is 7.35. The fourth-order valence-electron chi connectivity index (χ4n) is 5.15. The smallest absolute Gasteiger partial charge is 0.310 e. The summed E-state index contributed by atoms with van der Waals surface area (Å²) >= 11 is 0. The van der Waals surface area contributed by atoms with Crippen molar-refractivity contribution in [2.24, 2.45) is 16.7 Å². The SMILES string of the molecule is CC(C)CCCCCCCCCCCCCC1(C(=O)O)CCCCC1(C)C(=O)O. The summed E-state index contributed by atoms with van der Waals surface area (Å²) in [6.07, 6.45) is 18.0. The number of rotatable bonds is 16. The summed E-state index contributed by atoms with van der Waals surface area (Å²) in [5.74, 6) is -1.02. The van der Waals surface area contributed by atoms with Gasteiger partial charge < -0.3 is 10.2 Å². The van der Waals surface area contributed by atoms with Gasteiger partial charge in [0.1, 0.15) is 0 Å². The lowest BCUT2D eigenvalue weighted by atomic mass is 9.55. The van der Waals surface area contributed by atoms with Gasteiger partial charge in [0.25, 0.3) is 0 Å². The third kappa shape index (κ3) is 7.94. The van der Waals surface area contributed by atoms with Gasteiger partial charge in [-0.3, -0.25) is 9.59 Å². The molecule has 2 N–H and O–H groups in total. The van der Waals surface area contributed by atoms with Crippen LogP contribution in [0.2, 0.25) is 0 Å². The topological polar surface area (TPSA) is 74.6 Å². The van der Waals surface area contributed by atoms with E-state index in [1.54, 1.807) is 6.92 Å². The van der Waals surface area contributed by atoms with E-state index >= 15 is 0 Å². The molecular formula is C25H46O4.